The largest absolute Gasteiger partial charge is 0.482 e. The molecule has 5 rings (SSSR count). The van der Waals surface area contributed by atoms with Crippen LogP contribution in [0.25, 0.3) is 11.0 Å². The summed E-state index contributed by atoms with van der Waals surface area (Å²) in [5.41, 5.74) is 1.84. The molecule has 2 aromatic carbocycles. The number of likely N-dealkylation sites (tertiary alicyclic amines) is 1. The summed E-state index contributed by atoms with van der Waals surface area (Å²) in [6, 6.07) is 10.9. The van der Waals surface area contributed by atoms with Crippen molar-refractivity contribution in [3.63, 3.8) is 0 Å². The van der Waals surface area contributed by atoms with Crippen LogP contribution < -0.4 is 4.74 Å². The molecule has 3 atom stereocenters. The lowest BCUT2D eigenvalue weighted by molar-refractivity contribution is 0.0507. The highest BCUT2D eigenvalue weighted by Gasteiger charge is 2.40. The molecular formula is C27H28ClNO4. The van der Waals surface area contributed by atoms with Crippen LogP contribution in [-0.4, -0.2) is 29.7 Å². The molecule has 0 N–H and O–H groups in total. The van der Waals surface area contributed by atoms with Crippen LogP contribution >= 0.6 is 11.6 Å². The van der Waals surface area contributed by atoms with Gasteiger partial charge in [-0.2, -0.15) is 0 Å². The van der Waals surface area contributed by atoms with E-state index >= 15 is 0 Å². The van der Waals surface area contributed by atoms with E-state index in [1.165, 1.54) is 0 Å². The number of benzene rings is 2. The van der Waals surface area contributed by atoms with Gasteiger partial charge in [-0.15, -0.1) is 0 Å². The highest BCUT2D eigenvalue weighted by atomic mass is 35.5. The fourth-order valence-corrected chi connectivity index (χ4v) is 5.62. The SMILES string of the molecule is Cc1c(C(=O)N2C[C@H](C)C[C@@H](C)C2)oc2ccc3c(c12)C(=O)C[C@](C)(c1ccc(Cl)cc1)O3. The number of rotatable bonds is 2. The Bertz CT molecular complexity index is 1250. The number of amides is 1. The lowest BCUT2D eigenvalue weighted by Crippen LogP contribution is -2.42. The Morgan fingerprint density at radius 2 is 1.76 bits per heavy atom. The second-order valence-electron chi connectivity index (χ2n) is 9.96. The predicted octanol–water partition coefficient (Wildman–Crippen LogP) is 6.39. The number of ether oxygens (including phenoxy) is 1. The topological polar surface area (TPSA) is 59.8 Å². The van der Waals surface area contributed by atoms with Crippen molar-refractivity contribution in [3.8, 4) is 5.75 Å². The second-order valence-corrected chi connectivity index (χ2v) is 10.4. The average Bonchev–Trinajstić information content (AvgIpc) is 3.09. The van der Waals surface area contributed by atoms with Crippen molar-refractivity contribution in [3.05, 3.63) is 63.9 Å². The smallest absolute Gasteiger partial charge is 0.289 e. The lowest BCUT2D eigenvalue weighted by atomic mass is 9.84. The van der Waals surface area contributed by atoms with Gasteiger partial charge in [0.25, 0.3) is 5.91 Å². The van der Waals surface area contributed by atoms with Crippen LogP contribution in [0.3, 0.4) is 0 Å². The van der Waals surface area contributed by atoms with E-state index in [0.717, 1.165) is 25.1 Å². The summed E-state index contributed by atoms with van der Waals surface area (Å²) in [6.45, 7) is 9.56. The molecule has 0 saturated carbocycles. The van der Waals surface area contributed by atoms with Gasteiger partial charge in [-0.25, -0.2) is 0 Å². The van der Waals surface area contributed by atoms with Crippen molar-refractivity contribution in [2.24, 2.45) is 11.8 Å². The van der Waals surface area contributed by atoms with Crippen LogP contribution in [0.2, 0.25) is 5.02 Å². The first kappa shape index (κ1) is 22.0. The van der Waals surface area contributed by atoms with E-state index in [1.807, 2.05) is 30.9 Å². The molecule has 2 aliphatic heterocycles. The Balaban J connectivity index is 1.54. The van der Waals surface area contributed by atoms with Crippen molar-refractivity contribution >= 4 is 34.3 Å². The van der Waals surface area contributed by atoms with Gasteiger partial charge in [0.1, 0.15) is 16.9 Å². The number of furan rings is 1. The number of Topliss-reactive ketones (excluding diaryl/α,β-unsaturated/α-hetero) is 1. The van der Waals surface area contributed by atoms with Crippen LogP contribution in [0.4, 0.5) is 0 Å². The van der Waals surface area contributed by atoms with Gasteiger partial charge in [0.2, 0.25) is 0 Å². The first-order valence-electron chi connectivity index (χ1n) is 11.5. The summed E-state index contributed by atoms with van der Waals surface area (Å²) in [5.74, 6) is 1.61. The van der Waals surface area contributed by atoms with Crippen molar-refractivity contribution < 1.29 is 18.7 Å². The number of ketones is 1. The van der Waals surface area contributed by atoms with Gasteiger partial charge in [-0.3, -0.25) is 9.59 Å². The van der Waals surface area contributed by atoms with Crippen LogP contribution in [0.1, 0.15) is 65.7 Å². The first-order chi connectivity index (χ1) is 15.7. The zero-order valence-electron chi connectivity index (χ0n) is 19.4. The monoisotopic (exact) mass is 465 g/mol. The molecule has 0 spiro atoms. The molecule has 6 heteroatoms. The van der Waals surface area contributed by atoms with Gasteiger partial charge < -0.3 is 14.1 Å². The third-order valence-corrected chi connectivity index (χ3v) is 7.23. The van der Waals surface area contributed by atoms with Gasteiger partial charge in [0.15, 0.2) is 11.5 Å². The molecular weight excluding hydrogens is 438 g/mol. The van der Waals surface area contributed by atoms with Crippen molar-refractivity contribution in [1.82, 2.24) is 4.90 Å². The molecule has 0 unspecified atom stereocenters. The van der Waals surface area contributed by atoms with Crippen molar-refractivity contribution in [2.75, 3.05) is 13.1 Å². The summed E-state index contributed by atoms with van der Waals surface area (Å²) in [7, 11) is 0. The zero-order valence-corrected chi connectivity index (χ0v) is 20.2. The minimum absolute atomic E-state index is 0.0255. The number of halogens is 1. The maximum absolute atomic E-state index is 13.4. The molecule has 0 radical (unpaired) electrons. The number of hydrogen-bond donors (Lipinski definition) is 0. The van der Waals surface area contributed by atoms with E-state index in [1.54, 1.807) is 24.3 Å². The molecule has 2 aliphatic rings. The Morgan fingerprint density at radius 3 is 2.42 bits per heavy atom. The fourth-order valence-electron chi connectivity index (χ4n) is 5.50. The Kier molecular flexibility index (Phi) is 5.28. The maximum atomic E-state index is 13.4. The van der Waals surface area contributed by atoms with Crippen LogP contribution in [0, 0.1) is 18.8 Å². The van der Waals surface area contributed by atoms with Crippen molar-refractivity contribution in [1.29, 1.82) is 0 Å². The van der Waals surface area contributed by atoms with E-state index in [-0.39, 0.29) is 18.1 Å². The van der Waals surface area contributed by atoms with Gasteiger partial charge in [-0.1, -0.05) is 37.6 Å². The highest BCUT2D eigenvalue weighted by Crippen LogP contribution is 2.44. The second kappa shape index (κ2) is 7.91. The van der Waals surface area contributed by atoms with Gasteiger partial charge in [0, 0.05) is 29.1 Å². The third kappa shape index (κ3) is 3.72. The summed E-state index contributed by atoms with van der Waals surface area (Å²) in [6.07, 6.45) is 1.31. The molecule has 3 aromatic rings. The molecule has 172 valence electrons. The van der Waals surface area contributed by atoms with Gasteiger partial charge in [0.05, 0.1) is 12.0 Å². The highest BCUT2D eigenvalue weighted by molar-refractivity contribution is 6.30. The number of fused-ring (bicyclic) bond motifs is 3. The molecule has 1 saturated heterocycles. The first-order valence-corrected chi connectivity index (χ1v) is 11.9. The summed E-state index contributed by atoms with van der Waals surface area (Å²) < 4.78 is 12.4. The van der Waals surface area contributed by atoms with E-state index in [4.69, 9.17) is 20.8 Å². The predicted molar refractivity (Wildman–Crippen MR) is 128 cm³/mol. The summed E-state index contributed by atoms with van der Waals surface area (Å²) >= 11 is 6.04. The number of carbonyl (C=O) groups excluding carboxylic acids is 2. The minimum atomic E-state index is -0.793. The molecule has 3 heterocycles. The molecule has 1 aromatic heterocycles. The number of nitrogens with zero attached hydrogens (tertiary/aromatic N) is 1. The molecule has 0 aliphatic carbocycles. The van der Waals surface area contributed by atoms with Crippen molar-refractivity contribution in [2.45, 2.75) is 46.1 Å². The number of aryl methyl sites for hydroxylation is 1. The molecule has 1 amide bonds. The van der Waals surface area contributed by atoms with Gasteiger partial charge in [-0.05, 0) is 61.9 Å². The fraction of sp³-hybridized carbons (Fsp3) is 0.407. The number of hydrogen-bond acceptors (Lipinski definition) is 4. The quantitative estimate of drug-likeness (QED) is 0.439. The van der Waals surface area contributed by atoms with E-state index in [9.17, 15) is 9.59 Å². The standard InChI is InChI=1S/C27H28ClNO4/c1-15-11-16(2)14-29(13-15)26(31)25-17(3)23-21(32-25)9-10-22-24(23)20(30)12-27(4,33-22)18-5-7-19(28)8-6-18/h5-10,15-16H,11-14H2,1-4H3/t15-,16-,27-/m1/s1. The minimum Gasteiger partial charge on any atom is -0.482 e. The molecule has 0 bridgehead atoms. The summed E-state index contributed by atoms with van der Waals surface area (Å²) in [5, 5.41) is 1.31. The Hall–Kier alpha value is -2.79. The normalized spacial score (nSPS) is 25.1. The lowest BCUT2D eigenvalue weighted by Gasteiger charge is -2.35. The number of carbonyl (C=O) groups is 2. The average molecular weight is 466 g/mol. The van der Waals surface area contributed by atoms with E-state index in [0.29, 0.717) is 50.5 Å². The Morgan fingerprint density at radius 1 is 1.09 bits per heavy atom. The van der Waals surface area contributed by atoms with Crippen LogP contribution in [0.15, 0.2) is 40.8 Å². The maximum Gasteiger partial charge on any atom is 0.289 e. The van der Waals surface area contributed by atoms with Crippen LogP contribution in [0.5, 0.6) is 5.75 Å². The van der Waals surface area contributed by atoms with E-state index < -0.39 is 5.60 Å². The molecule has 5 nitrogen and oxygen atoms in total. The molecule has 33 heavy (non-hydrogen) atoms. The van der Waals surface area contributed by atoms with Crippen LogP contribution in [-0.2, 0) is 5.60 Å². The summed E-state index contributed by atoms with van der Waals surface area (Å²) in [4.78, 5) is 28.7. The number of piperidine rings is 1. The Labute approximate surface area is 198 Å². The third-order valence-electron chi connectivity index (χ3n) is 6.97. The van der Waals surface area contributed by atoms with E-state index in [2.05, 4.69) is 13.8 Å². The molecule has 1 fully saturated rings. The van der Waals surface area contributed by atoms with Gasteiger partial charge >= 0.3 is 0 Å². The zero-order chi connectivity index (χ0) is 23.5.